The lowest BCUT2D eigenvalue weighted by Gasteiger charge is -1.96. The van der Waals surface area contributed by atoms with Crippen LogP contribution in [0.5, 0.6) is 0 Å². The van der Waals surface area contributed by atoms with Gasteiger partial charge in [0.25, 0.3) is 0 Å². The summed E-state index contributed by atoms with van der Waals surface area (Å²) in [7, 11) is 1.71. The van der Waals surface area contributed by atoms with E-state index in [1.54, 1.807) is 13.2 Å². The van der Waals surface area contributed by atoms with Gasteiger partial charge in [0.1, 0.15) is 5.82 Å². The molecule has 0 N–H and O–H groups in total. The van der Waals surface area contributed by atoms with Gasteiger partial charge in [0.05, 0.1) is 18.0 Å². The van der Waals surface area contributed by atoms with Crippen LogP contribution in [0.15, 0.2) is 30.9 Å². The summed E-state index contributed by atoms with van der Waals surface area (Å²) in [6.45, 7) is 0. The van der Waals surface area contributed by atoms with Crippen LogP contribution in [0.25, 0.3) is 0 Å². The van der Waals surface area contributed by atoms with Gasteiger partial charge in [-0.25, -0.2) is 4.39 Å². The molecule has 0 saturated heterocycles. The van der Waals surface area contributed by atoms with Crippen LogP contribution in [0.3, 0.4) is 0 Å². The van der Waals surface area contributed by atoms with Crippen LogP contribution in [-0.2, 0) is 7.05 Å². The fourth-order valence-electron chi connectivity index (χ4n) is 1.24. The van der Waals surface area contributed by atoms with Crippen LogP contribution in [0.4, 0.5) is 4.39 Å². The molecule has 5 heteroatoms. The molecule has 0 aromatic carbocycles. The Morgan fingerprint density at radius 3 is 2.73 bits per heavy atom. The zero-order chi connectivity index (χ0) is 10.8. The fourth-order valence-corrected chi connectivity index (χ4v) is 1.24. The lowest BCUT2D eigenvalue weighted by atomic mass is 10.1. The number of hydrogen-bond acceptors (Lipinski definition) is 3. The topological polar surface area (TPSA) is 47.8 Å². The van der Waals surface area contributed by atoms with Gasteiger partial charge in [-0.15, -0.1) is 0 Å². The summed E-state index contributed by atoms with van der Waals surface area (Å²) in [5.74, 6) is -0.806. The second kappa shape index (κ2) is 3.61. The van der Waals surface area contributed by atoms with E-state index in [1.807, 2.05) is 0 Å². The molecule has 0 bridgehead atoms. The van der Waals surface area contributed by atoms with Crippen molar-refractivity contribution in [2.24, 2.45) is 7.05 Å². The summed E-state index contributed by atoms with van der Waals surface area (Å²) in [6, 6.07) is 1.16. The molecule has 15 heavy (non-hydrogen) atoms. The minimum atomic E-state index is -0.523. The average Bonchev–Trinajstić information content (AvgIpc) is 2.64. The van der Waals surface area contributed by atoms with Crippen molar-refractivity contribution in [3.05, 3.63) is 47.8 Å². The third kappa shape index (κ3) is 1.90. The second-order valence-corrected chi connectivity index (χ2v) is 3.12. The average molecular weight is 205 g/mol. The molecule has 0 spiro atoms. The van der Waals surface area contributed by atoms with Crippen LogP contribution in [0.2, 0.25) is 0 Å². The highest BCUT2D eigenvalue weighted by Gasteiger charge is 2.11. The van der Waals surface area contributed by atoms with Gasteiger partial charge in [-0.2, -0.15) is 5.10 Å². The maximum atomic E-state index is 12.8. The Labute approximate surface area is 85.4 Å². The second-order valence-electron chi connectivity index (χ2n) is 3.12. The molecule has 2 aromatic rings. The third-order valence-corrected chi connectivity index (χ3v) is 1.93. The maximum absolute atomic E-state index is 12.8. The molecule has 0 aliphatic rings. The molecule has 0 fully saturated rings. The Balaban J connectivity index is 2.36. The molecule has 2 heterocycles. The zero-order valence-electron chi connectivity index (χ0n) is 8.01. The molecule has 2 aromatic heterocycles. The van der Waals surface area contributed by atoms with Crippen LogP contribution >= 0.6 is 0 Å². The Kier molecular flexibility index (Phi) is 2.29. The van der Waals surface area contributed by atoms with Gasteiger partial charge < -0.3 is 0 Å². The minimum absolute atomic E-state index is 0.225. The summed E-state index contributed by atoms with van der Waals surface area (Å²) in [5, 5.41) is 3.87. The van der Waals surface area contributed by atoms with Gasteiger partial charge in [-0.05, 0) is 6.07 Å². The van der Waals surface area contributed by atoms with Crippen molar-refractivity contribution in [3.63, 3.8) is 0 Å². The van der Waals surface area contributed by atoms with E-state index >= 15 is 0 Å². The lowest BCUT2D eigenvalue weighted by molar-refractivity contribution is 0.103. The highest BCUT2D eigenvalue weighted by Crippen LogP contribution is 2.08. The number of halogens is 1. The van der Waals surface area contributed by atoms with Gasteiger partial charge in [0.15, 0.2) is 5.78 Å². The number of nitrogens with zero attached hydrogens (tertiary/aromatic N) is 3. The first-order chi connectivity index (χ1) is 7.16. The fraction of sp³-hybridized carbons (Fsp3) is 0.100. The highest BCUT2D eigenvalue weighted by molar-refractivity contribution is 6.08. The summed E-state index contributed by atoms with van der Waals surface area (Å²) < 4.78 is 14.3. The molecule has 0 unspecified atom stereocenters. The van der Waals surface area contributed by atoms with Crippen LogP contribution in [-0.4, -0.2) is 20.5 Å². The van der Waals surface area contributed by atoms with E-state index in [2.05, 4.69) is 10.1 Å². The van der Waals surface area contributed by atoms with E-state index in [0.717, 1.165) is 12.3 Å². The van der Waals surface area contributed by atoms with Gasteiger partial charge in [-0.1, -0.05) is 0 Å². The van der Waals surface area contributed by atoms with Gasteiger partial charge >= 0.3 is 0 Å². The van der Waals surface area contributed by atoms with E-state index < -0.39 is 5.82 Å². The molecule has 2 rings (SSSR count). The number of ketones is 1. The number of aryl methyl sites for hydroxylation is 1. The number of carbonyl (C=O) groups excluding carboxylic acids is 1. The predicted octanol–water partition coefficient (Wildman–Crippen LogP) is 1.19. The normalized spacial score (nSPS) is 10.3. The molecule has 0 atom stereocenters. The van der Waals surface area contributed by atoms with E-state index in [1.165, 1.54) is 17.1 Å². The highest BCUT2D eigenvalue weighted by atomic mass is 19.1. The van der Waals surface area contributed by atoms with Crippen molar-refractivity contribution in [3.8, 4) is 0 Å². The summed E-state index contributed by atoms with van der Waals surface area (Å²) in [5.41, 5.74) is 0.646. The first-order valence-corrected chi connectivity index (χ1v) is 4.31. The standard InChI is InChI=1S/C10H8FN3O/c1-14-6-8(4-13-14)10(15)7-2-9(11)5-12-3-7/h2-6H,1H3. The summed E-state index contributed by atoms with van der Waals surface area (Å²) >= 11 is 0. The van der Waals surface area contributed by atoms with E-state index in [-0.39, 0.29) is 11.3 Å². The number of aromatic nitrogens is 3. The smallest absolute Gasteiger partial charge is 0.197 e. The molecular weight excluding hydrogens is 197 g/mol. The van der Waals surface area contributed by atoms with Crippen molar-refractivity contribution in [1.29, 1.82) is 0 Å². The lowest BCUT2D eigenvalue weighted by Crippen LogP contribution is -2.01. The van der Waals surface area contributed by atoms with Crippen molar-refractivity contribution < 1.29 is 9.18 Å². The Hall–Kier alpha value is -2.04. The van der Waals surface area contributed by atoms with E-state index in [9.17, 15) is 9.18 Å². The molecule has 0 saturated carbocycles. The summed E-state index contributed by atoms with van der Waals surface area (Å²) in [6.07, 6.45) is 5.40. The van der Waals surface area contributed by atoms with E-state index in [0.29, 0.717) is 5.56 Å². The van der Waals surface area contributed by atoms with Gasteiger partial charge in [0.2, 0.25) is 0 Å². The zero-order valence-corrected chi connectivity index (χ0v) is 8.01. The number of hydrogen-bond donors (Lipinski definition) is 0. The van der Waals surface area contributed by atoms with E-state index in [4.69, 9.17) is 0 Å². The number of pyridine rings is 1. The first-order valence-electron chi connectivity index (χ1n) is 4.31. The van der Waals surface area contributed by atoms with Crippen molar-refractivity contribution in [2.75, 3.05) is 0 Å². The van der Waals surface area contributed by atoms with Gasteiger partial charge in [-0.3, -0.25) is 14.5 Å². The SMILES string of the molecule is Cn1cc(C(=O)c2cncc(F)c2)cn1. The van der Waals surface area contributed by atoms with Crippen molar-refractivity contribution >= 4 is 5.78 Å². The molecule has 76 valence electrons. The molecule has 0 aliphatic carbocycles. The monoisotopic (exact) mass is 205 g/mol. The molecule has 4 nitrogen and oxygen atoms in total. The van der Waals surface area contributed by atoms with Crippen molar-refractivity contribution in [2.45, 2.75) is 0 Å². The van der Waals surface area contributed by atoms with Crippen LogP contribution in [0, 0.1) is 5.82 Å². The predicted molar refractivity (Wildman–Crippen MR) is 50.8 cm³/mol. The quantitative estimate of drug-likeness (QED) is 0.692. The Bertz CT molecular complexity index is 507. The Morgan fingerprint density at radius 1 is 1.33 bits per heavy atom. The molecule has 0 amide bonds. The molecular formula is C10H8FN3O. The Morgan fingerprint density at radius 2 is 2.13 bits per heavy atom. The largest absolute Gasteiger partial charge is 0.288 e. The number of carbonyl (C=O) groups is 1. The van der Waals surface area contributed by atoms with Crippen molar-refractivity contribution in [1.82, 2.24) is 14.8 Å². The number of rotatable bonds is 2. The van der Waals surface area contributed by atoms with Gasteiger partial charge in [0, 0.05) is 25.0 Å². The first kappa shape index (κ1) is 9.51. The van der Waals surface area contributed by atoms with Crippen LogP contribution in [0.1, 0.15) is 15.9 Å². The summed E-state index contributed by atoms with van der Waals surface area (Å²) in [4.78, 5) is 15.4. The maximum Gasteiger partial charge on any atom is 0.197 e. The third-order valence-electron chi connectivity index (χ3n) is 1.93. The molecule has 0 aliphatic heterocycles. The minimum Gasteiger partial charge on any atom is -0.288 e. The van der Waals surface area contributed by atoms with Crippen LogP contribution < -0.4 is 0 Å². The molecule has 0 radical (unpaired) electrons.